The van der Waals surface area contributed by atoms with Gasteiger partial charge in [0.2, 0.25) is 0 Å². The second-order valence-corrected chi connectivity index (χ2v) is 4.31. The summed E-state index contributed by atoms with van der Waals surface area (Å²) in [5.74, 6) is 0.941. The fourth-order valence-electron chi connectivity index (χ4n) is 2.14. The topological polar surface area (TPSA) is 69.1 Å². The highest BCUT2D eigenvalue weighted by Gasteiger charge is 2.16. The van der Waals surface area contributed by atoms with E-state index in [9.17, 15) is 0 Å². The molecule has 0 fully saturated rings. The van der Waals surface area contributed by atoms with Gasteiger partial charge in [-0.05, 0) is 12.8 Å². The van der Waals surface area contributed by atoms with Crippen LogP contribution in [0.15, 0.2) is 12.5 Å². The summed E-state index contributed by atoms with van der Waals surface area (Å²) in [6, 6.07) is 0. The Kier molecular flexibility index (Phi) is 3.56. The van der Waals surface area contributed by atoms with Gasteiger partial charge in [-0.25, -0.2) is 14.5 Å². The Morgan fingerprint density at radius 3 is 2.88 bits per heavy atom. The molecule has 0 aliphatic heterocycles. The first kappa shape index (κ1) is 11.8. The quantitative estimate of drug-likeness (QED) is 0.860. The molecule has 2 aromatic heterocycles. The van der Waals surface area contributed by atoms with E-state index >= 15 is 0 Å². The highest BCUT2D eigenvalue weighted by Crippen LogP contribution is 2.26. The van der Waals surface area contributed by atoms with E-state index in [1.165, 1.54) is 25.6 Å². The van der Waals surface area contributed by atoms with Gasteiger partial charge in [0.05, 0.1) is 11.9 Å². The molecule has 0 aliphatic rings. The Labute approximate surface area is 101 Å². The molecule has 17 heavy (non-hydrogen) atoms. The molecule has 0 spiro atoms. The van der Waals surface area contributed by atoms with Crippen molar-refractivity contribution < 1.29 is 0 Å². The number of unbranched alkanes of at least 4 members (excludes halogenated alkanes) is 1. The van der Waals surface area contributed by atoms with Crippen LogP contribution in [0.5, 0.6) is 0 Å². The van der Waals surface area contributed by atoms with Gasteiger partial charge in [0.1, 0.15) is 6.33 Å². The number of hydrogen-bond donors (Lipinski definition) is 1. The lowest BCUT2D eigenvalue weighted by Crippen LogP contribution is -2.06. The van der Waals surface area contributed by atoms with Gasteiger partial charge in [-0.3, -0.25) is 0 Å². The standard InChI is InChI=1S/C12H19N5/c1-3-5-6-9(4-2)10-7-14-12-11(13)15-8-16-17(10)12/h7-9H,3-6H2,1-2H3,(H2,13,15,16). The highest BCUT2D eigenvalue weighted by molar-refractivity contribution is 5.58. The van der Waals surface area contributed by atoms with Crippen LogP contribution in [0, 0.1) is 0 Å². The molecule has 0 radical (unpaired) electrons. The normalized spacial score (nSPS) is 13.1. The molecular formula is C12H19N5. The van der Waals surface area contributed by atoms with Gasteiger partial charge >= 0.3 is 0 Å². The summed E-state index contributed by atoms with van der Waals surface area (Å²) >= 11 is 0. The SMILES string of the molecule is CCCCC(CC)c1cnc2c(N)ncnn12. The maximum absolute atomic E-state index is 5.78. The number of nitrogens with two attached hydrogens (primary N) is 1. The lowest BCUT2D eigenvalue weighted by Gasteiger charge is -2.13. The fourth-order valence-corrected chi connectivity index (χ4v) is 2.14. The molecule has 2 heterocycles. The maximum atomic E-state index is 5.78. The van der Waals surface area contributed by atoms with E-state index in [2.05, 4.69) is 28.9 Å². The van der Waals surface area contributed by atoms with E-state index in [-0.39, 0.29) is 0 Å². The number of nitrogens with zero attached hydrogens (tertiary/aromatic N) is 4. The molecule has 92 valence electrons. The van der Waals surface area contributed by atoms with Crippen molar-refractivity contribution >= 4 is 11.5 Å². The molecule has 1 atom stereocenters. The first-order valence-electron chi connectivity index (χ1n) is 6.22. The van der Waals surface area contributed by atoms with Crippen LogP contribution < -0.4 is 5.73 Å². The summed E-state index contributed by atoms with van der Waals surface area (Å²) in [5, 5.41) is 4.24. The number of rotatable bonds is 5. The maximum Gasteiger partial charge on any atom is 0.196 e. The first-order valence-corrected chi connectivity index (χ1v) is 6.22. The molecule has 1 unspecified atom stereocenters. The van der Waals surface area contributed by atoms with E-state index in [0.717, 1.165) is 12.1 Å². The molecule has 0 bridgehead atoms. The van der Waals surface area contributed by atoms with E-state index < -0.39 is 0 Å². The highest BCUT2D eigenvalue weighted by atomic mass is 15.3. The van der Waals surface area contributed by atoms with Crippen molar-refractivity contribution in [2.24, 2.45) is 0 Å². The molecule has 5 heteroatoms. The molecule has 2 N–H and O–H groups in total. The van der Waals surface area contributed by atoms with Gasteiger partial charge in [-0.2, -0.15) is 5.10 Å². The molecule has 0 aliphatic carbocycles. The summed E-state index contributed by atoms with van der Waals surface area (Å²) in [6.45, 7) is 4.41. The van der Waals surface area contributed by atoms with Gasteiger partial charge in [-0.1, -0.05) is 26.7 Å². The minimum atomic E-state index is 0.441. The fraction of sp³-hybridized carbons (Fsp3) is 0.583. The van der Waals surface area contributed by atoms with E-state index in [0.29, 0.717) is 17.4 Å². The monoisotopic (exact) mass is 233 g/mol. The lowest BCUT2D eigenvalue weighted by atomic mass is 9.96. The second kappa shape index (κ2) is 5.12. The zero-order chi connectivity index (χ0) is 12.3. The smallest absolute Gasteiger partial charge is 0.196 e. The number of imidazole rings is 1. The van der Waals surface area contributed by atoms with Crippen molar-refractivity contribution in [1.82, 2.24) is 19.6 Å². The van der Waals surface area contributed by atoms with E-state index in [1.54, 1.807) is 0 Å². The first-order chi connectivity index (χ1) is 8.27. The van der Waals surface area contributed by atoms with Gasteiger partial charge < -0.3 is 5.73 Å². The molecule has 0 aromatic carbocycles. The summed E-state index contributed by atoms with van der Waals surface area (Å²) in [7, 11) is 0. The second-order valence-electron chi connectivity index (χ2n) is 4.31. The molecule has 0 saturated heterocycles. The van der Waals surface area contributed by atoms with E-state index in [1.807, 2.05) is 10.7 Å². The minimum absolute atomic E-state index is 0.441. The molecule has 0 amide bonds. The van der Waals surface area contributed by atoms with Gasteiger partial charge in [-0.15, -0.1) is 0 Å². The van der Waals surface area contributed by atoms with Crippen LogP contribution in [0.4, 0.5) is 5.82 Å². The summed E-state index contributed by atoms with van der Waals surface area (Å²) in [4.78, 5) is 8.26. The third kappa shape index (κ3) is 2.23. The minimum Gasteiger partial charge on any atom is -0.381 e. The number of aromatic nitrogens is 4. The number of hydrogen-bond acceptors (Lipinski definition) is 4. The van der Waals surface area contributed by atoms with E-state index in [4.69, 9.17) is 5.73 Å². The summed E-state index contributed by atoms with van der Waals surface area (Å²) in [6.07, 6.45) is 8.07. The van der Waals surface area contributed by atoms with Crippen molar-refractivity contribution in [3.8, 4) is 0 Å². The van der Waals surface area contributed by atoms with Gasteiger partial charge in [0, 0.05) is 5.92 Å². The van der Waals surface area contributed by atoms with Gasteiger partial charge in [0.25, 0.3) is 0 Å². The van der Waals surface area contributed by atoms with Crippen LogP contribution in [0.1, 0.15) is 51.1 Å². The Morgan fingerprint density at radius 1 is 1.35 bits per heavy atom. The average Bonchev–Trinajstić information content (AvgIpc) is 2.76. The lowest BCUT2D eigenvalue weighted by molar-refractivity contribution is 0.546. The zero-order valence-corrected chi connectivity index (χ0v) is 10.4. The Morgan fingerprint density at radius 2 is 2.18 bits per heavy atom. The van der Waals surface area contributed by atoms with Crippen molar-refractivity contribution in [2.75, 3.05) is 5.73 Å². The predicted molar refractivity (Wildman–Crippen MR) is 67.8 cm³/mol. The number of anilines is 1. The average molecular weight is 233 g/mol. The van der Waals surface area contributed by atoms with Crippen LogP contribution in [-0.2, 0) is 0 Å². The molecule has 2 rings (SSSR count). The van der Waals surface area contributed by atoms with Crippen molar-refractivity contribution in [3.63, 3.8) is 0 Å². The van der Waals surface area contributed by atoms with Gasteiger partial charge in [0.15, 0.2) is 11.5 Å². The van der Waals surface area contributed by atoms with Crippen LogP contribution in [0.3, 0.4) is 0 Å². The largest absolute Gasteiger partial charge is 0.381 e. The van der Waals surface area contributed by atoms with Crippen LogP contribution in [0.25, 0.3) is 5.65 Å². The van der Waals surface area contributed by atoms with Crippen molar-refractivity contribution in [3.05, 3.63) is 18.2 Å². The molecule has 0 saturated carbocycles. The van der Waals surface area contributed by atoms with Crippen molar-refractivity contribution in [2.45, 2.75) is 45.4 Å². The Balaban J connectivity index is 2.37. The Hall–Kier alpha value is -1.65. The van der Waals surface area contributed by atoms with Crippen LogP contribution in [0.2, 0.25) is 0 Å². The summed E-state index contributed by atoms with van der Waals surface area (Å²) < 4.78 is 1.83. The Bertz CT molecular complexity index is 491. The zero-order valence-electron chi connectivity index (χ0n) is 10.4. The van der Waals surface area contributed by atoms with Crippen LogP contribution in [-0.4, -0.2) is 19.6 Å². The van der Waals surface area contributed by atoms with Crippen molar-refractivity contribution in [1.29, 1.82) is 0 Å². The summed E-state index contributed by atoms with van der Waals surface area (Å²) in [5.41, 5.74) is 7.58. The molecule has 5 nitrogen and oxygen atoms in total. The molecular weight excluding hydrogens is 214 g/mol. The number of fused-ring (bicyclic) bond motifs is 1. The third-order valence-electron chi connectivity index (χ3n) is 3.17. The number of nitrogen functional groups attached to an aromatic ring is 1. The molecule has 2 aromatic rings. The van der Waals surface area contributed by atoms with Crippen LogP contribution >= 0.6 is 0 Å². The third-order valence-corrected chi connectivity index (χ3v) is 3.17. The predicted octanol–water partition coefficient (Wildman–Crippen LogP) is 2.39.